The van der Waals surface area contributed by atoms with Crippen molar-refractivity contribution in [2.24, 2.45) is 0 Å². The molecule has 1 atom stereocenters. The van der Waals surface area contributed by atoms with Crippen molar-refractivity contribution in [2.45, 2.75) is 79.1 Å². The lowest BCUT2D eigenvalue weighted by molar-refractivity contribution is -0.134. The average molecular weight is 437 g/mol. The summed E-state index contributed by atoms with van der Waals surface area (Å²) in [7, 11) is 0. The number of aryl methyl sites for hydroxylation is 3. The van der Waals surface area contributed by atoms with Gasteiger partial charge in [0.1, 0.15) is 22.8 Å². The average Bonchev–Trinajstić information content (AvgIpc) is 3.08. The highest BCUT2D eigenvalue weighted by molar-refractivity contribution is 5.82. The maximum Gasteiger partial charge on any atom is 0.311 e. The summed E-state index contributed by atoms with van der Waals surface area (Å²) in [5, 5.41) is 1.21. The lowest BCUT2D eigenvalue weighted by Crippen LogP contribution is -2.09. The molecule has 0 aliphatic carbocycles. The largest absolute Gasteiger partial charge is 0.494 e. The SMILES string of the molecule is CCCCC(CCOc1ccc(OC(=O)CCC)c(C)c1)c1oc2cc(C)ccc2c1C. The van der Waals surface area contributed by atoms with Gasteiger partial charge in [0.2, 0.25) is 0 Å². The van der Waals surface area contributed by atoms with E-state index in [-0.39, 0.29) is 5.97 Å². The van der Waals surface area contributed by atoms with Crippen LogP contribution in [-0.2, 0) is 4.79 Å². The van der Waals surface area contributed by atoms with E-state index in [0.29, 0.717) is 24.7 Å². The van der Waals surface area contributed by atoms with Gasteiger partial charge in [0.05, 0.1) is 6.61 Å². The second-order valence-electron chi connectivity index (χ2n) is 8.72. The highest BCUT2D eigenvalue weighted by Crippen LogP contribution is 2.35. The third kappa shape index (κ3) is 5.93. The number of esters is 1. The molecule has 0 N–H and O–H groups in total. The van der Waals surface area contributed by atoms with Crippen LogP contribution >= 0.6 is 0 Å². The van der Waals surface area contributed by atoms with Gasteiger partial charge < -0.3 is 13.9 Å². The van der Waals surface area contributed by atoms with E-state index in [9.17, 15) is 4.79 Å². The Morgan fingerprint density at radius 1 is 1.00 bits per heavy atom. The van der Waals surface area contributed by atoms with Crippen LogP contribution in [0.15, 0.2) is 40.8 Å². The minimum absolute atomic E-state index is 0.195. The van der Waals surface area contributed by atoms with Crippen LogP contribution in [0, 0.1) is 20.8 Å². The number of ether oxygens (including phenoxy) is 2. The Morgan fingerprint density at radius 2 is 1.81 bits per heavy atom. The summed E-state index contributed by atoms with van der Waals surface area (Å²) < 4.78 is 17.8. The Bertz CT molecular complexity index is 1050. The van der Waals surface area contributed by atoms with Crippen molar-refractivity contribution >= 4 is 16.9 Å². The second kappa shape index (κ2) is 11.2. The maximum absolute atomic E-state index is 11.8. The molecule has 0 fully saturated rings. The molecule has 3 aromatic rings. The van der Waals surface area contributed by atoms with E-state index in [1.807, 2.05) is 32.0 Å². The van der Waals surface area contributed by atoms with Crippen LogP contribution in [0.1, 0.15) is 80.7 Å². The molecule has 0 amide bonds. The van der Waals surface area contributed by atoms with E-state index in [1.165, 1.54) is 16.5 Å². The summed E-state index contributed by atoms with van der Waals surface area (Å²) in [5.41, 5.74) is 4.34. The minimum Gasteiger partial charge on any atom is -0.494 e. The molecule has 172 valence electrons. The van der Waals surface area contributed by atoms with E-state index >= 15 is 0 Å². The molecule has 0 spiro atoms. The number of furan rings is 1. The van der Waals surface area contributed by atoms with E-state index in [0.717, 1.165) is 54.8 Å². The number of carbonyl (C=O) groups is 1. The Kier molecular flexibility index (Phi) is 8.38. The first-order valence-electron chi connectivity index (χ1n) is 11.9. The fraction of sp³-hybridized carbons (Fsp3) is 0.464. The number of rotatable bonds is 11. The van der Waals surface area contributed by atoms with Crippen molar-refractivity contribution in [3.63, 3.8) is 0 Å². The standard InChI is InChI=1S/C28H36O4/c1-6-8-10-22(28-21(5)24-13-11-19(3)17-26(24)32-28)15-16-30-23-12-14-25(20(4)18-23)31-27(29)9-7-2/h11-14,17-18,22H,6-10,15-16H2,1-5H3. The Hall–Kier alpha value is -2.75. The molecule has 0 aliphatic heterocycles. The summed E-state index contributed by atoms with van der Waals surface area (Å²) in [6, 6.07) is 12.1. The predicted octanol–water partition coefficient (Wildman–Crippen LogP) is 7.81. The number of hydrogen-bond acceptors (Lipinski definition) is 4. The van der Waals surface area contributed by atoms with Gasteiger partial charge in [-0.1, -0.05) is 38.8 Å². The smallest absolute Gasteiger partial charge is 0.311 e. The minimum atomic E-state index is -0.195. The first-order chi connectivity index (χ1) is 15.4. The van der Waals surface area contributed by atoms with Crippen LogP contribution in [0.25, 0.3) is 11.0 Å². The molecule has 32 heavy (non-hydrogen) atoms. The Morgan fingerprint density at radius 3 is 2.53 bits per heavy atom. The number of hydrogen-bond donors (Lipinski definition) is 0. The third-order valence-corrected chi connectivity index (χ3v) is 5.97. The Balaban J connectivity index is 1.67. The van der Waals surface area contributed by atoms with E-state index in [4.69, 9.17) is 13.9 Å². The summed E-state index contributed by atoms with van der Waals surface area (Å²) in [4.78, 5) is 11.8. The summed E-state index contributed by atoms with van der Waals surface area (Å²) in [6.07, 6.45) is 5.52. The van der Waals surface area contributed by atoms with Crippen molar-refractivity contribution in [3.05, 3.63) is 58.8 Å². The van der Waals surface area contributed by atoms with Crippen LogP contribution in [0.5, 0.6) is 11.5 Å². The molecule has 4 nitrogen and oxygen atoms in total. The first-order valence-corrected chi connectivity index (χ1v) is 11.9. The van der Waals surface area contributed by atoms with Crippen molar-refractivity contribution in [2.75, 3.05) is 6.61 Å². The van der Waals surface area contributed by atoms with Crippen molar-refractivity contribution < 1.29 is 18.7 Å². The molecule has 1 aromatic heterocycles. The molecule has 3 rings (SSSR count). The predicted molar refractivity (Wildman–Crippen MR) is 130 cm³/mol. The normalized spacial score (nSPS) is 12.2. The zero-order valence-corrected chi connectivity index (χ0v) is 20.1. The van der Waals surface area contributed by atoms with Crippen molar-refractivity contribution in [1.29, 1.82) is 0 Å². The molecule has 0 aliphatic rings. The van der Waals surface area contributed by atoms with Gasteiger partial charge in [-0.15, -0.1) is 0 Å². The zero-order chi connectivity index (χ0) is 23.1. The van der Waals surface area contributed by atoms with Crippen LogP contribution in [0.4, 0.5) is 0 Å². The second-order valence-corrected chi connectivity index (χ2v) is 8.72. The van der Waals surface area contributed by atoms with Gasteiger partial charge in [0, 0.05) is 17.7 Å². The van der Waals surface area contributed by atoms with Gasteiger partial charge in [-0.05, 0) is 81.0 Å². The molecular formula is C28H36O4. The van der Waals surface area contributed by atoms with E-state index < -0.39 is 0 Å². The molecule has 0 saturated heterocycles. The van der Waals surface area contributed by atoms with Gasteiger partial charge in [0.15, 0.2) is 0 Å². The molecule has 0 bridgehead atoms. The lowest BCUT2D eigenvalue weighted by Gasteiger charge is -2.16. The molecule has 1 heterocycles. The lowest BCUT2D eigenvalue weighted by atomic mass is 9.93. The summed E-state index contributed by atoms with van der Waals surface area (Å²) in [6.45, 7) is 11.0. The molecule has 2 aromatic carbocycles. The van der Waals surface area contributed by atoms with Crippen LogP contribution in [0.3, 0.4) is 0 Å². The van der Waals surface area contributed by atoms with Crippen LogP contribution in [-0.4, -0.2) is 12.6 Å². The number of carbonyl (C=O) groups excluding carboxylic acids is 1. The fourth-order valence-electron chi connectivity index (χ4n) is 4.12. The van der Waals surface area contributed by atoms with E-state index in [2.05, 4.69) is 39.0 Å². The number of benzene rings is 2. The summed E-state index contributed by atoms with van der Waals surface area (Å²) in [5.74, 6) is 2.63. The summed E-state index contributed by atoms with van der Waals surface area (Å²) >= 11 is 0. The first kappa shape index (κ1) is 23.9. The molecular weight excluding hydrogens is 400 g/mol. The maximum atomic E-state index is 11.8. The van der Waals surface area contributed by atoms with Crippen LogP contribution < -0.4 is 9.47 Å². The van der Waals surface area contributed by atoms with Gasteiger partial charge in [-0.2, -0.15) is 0 Å². The number of fused-ring (bicyclic) bond motifs is 1. The van der Waals surface area contributed by atoms with Crippen molar-refractivity contribution in [1.82, 2.24) is 0 Å². The molecule has 0 radical (unpaired) electrons. The van der Waals surface area contributed by atoms with Crippen LogP contribution in [0.2, 0.25) is 0 Å². The van der Waals surface area contributed by atoms with Gasteiger partial charge >= 0.3 is 5.97 Å². The third-order valence-electron chi connectivity index (χ3n) is 5.97. The fourth-order valence-corrected chi connectivity index (χ4v) is 4.12. The van der Waals surface area contributed by atoms with Gasteiger partial charge in [-0.3, -0.25) is 4.79 Å². The van der Waals surface area contributed by atoms with E-state index in [1.54, 1.807) is 0 Å². The van der Waals surface area contributed by atoms with Crippen molar-refractivity contribution in [3.8, 4) is 11.5 Å². The highest BCUT2D eigenvalue weighted by atomic mass is 16.5. The topological polar surface area (TPSA) is 48.7 Å². The zero-order valence-electron chi connectivity index (χ0n) is 20.1. The quantitative estimate of drug-likeness (QED) is 0.227. The molecule has 0 saturated carbocycles. The molecule has 4 heteroatoms. The van der Waals surface area contributed by atoms with Gasteiger partial charge in [-0.25, -0.2) is 0 Å². The number of unbranched alkanes of at least 4 members (excludes halogenated alkanes) is 1. The van der Waals surface area contributed by atoms with Gasteiger partial charge in [0.25, 0.3) is 0 Å². The highest BCUT2D eigenvalue weighted by Gasteiger charge is 2.20. The Labute approximate surface area is 191 Å². The monoisotopic (exact) mass is 436 g/mol. The molecule has 1 unspecified atom stereocenters.